The first kappa shape index (κ1) is 14.8. The minimum atomic E-state index is 0.504. The summed E-state index contributed by atoms with van der Waals surface area (Å²) < 4.78 is 1.03. The number of hydrogen-bond acceptors (Lipinski definition) is 1. The smallest absolute Gasteiger partial charge is 0.0487 e. The van der Waals surface area contributed by atoms with E-state index in [-0.39, 0.29) is 0 Å². The fourth-order valence-electron chi connectivity index (χ4n) is 1.82. The van der Waals surface area contributed by atoms with Crippen molar-refractivity contribution in [1.29, 1.82) is 0 Å². The third kappa shape index (κ3) is 5.78. The SMILES string of the molecule is CCCCCCC(C)Nc1ccc(Cl)cc1Br. The molecule has 1 aromatic carbocycles. The molecule has 0 amide bonds. The summed E-state index contributed by atoms with van der Waals surface area (Å²) in [7, 11) is 0. The van der Waals surface area contributed by atoms with Crippen LogP contribution in [0.2, 0.25) is 5.02 Å². The van der Waals surface area contributed by atoms with Crippen LogP contribution in [0.5, 0.6) is 0 Å². The van der Waals surface area contributed by atoms with E-state index in [1.54, 1.807) is 0 Å². The molecule has 96 valence electrons. The molecular formula is C14H21BrClN. The first-order valence-corrected chi connectivity index (χ1v) is 7.52. The van der Waals surface area contributed by atoms with E-state index in [0.29, 0.717) is 6.04 Å². The monoisotopic (exact) mass is 317 g/mol. The number of rotatable bonds is 7. The minimum Gasteiger partial charge on any atom is -0.382 e. The molecule has 1 aromatic rings. The number of anilines is 1. The molecule has 0 aliphatic rings. The Bertz CT molecular complexity index is 341. The van der Waals surface area contributed by atoms with Crippen LogP contribution in [0.1, 0.15) is 46.0 Å². The van der Waals surface area contributed by atoms with Gasteiger partial charge in [-0.1, -0.05) is 44.2 Å². The fourth-order valence-corrected chi connectivity index (χ4v) is 2.62. The van der Waals surface area contributed by atoms with Gasteiger partial charge in [0.1, 0.15) is 0 Å². The van der Waals surface area contributed by atoms with Crippen molar-refractivity contribution in [2.75, 3.05) is 5.32 Å². The van der Waals surface area contributed by atoms with E-state index < -0.39 is 0 Å². The van der Waals surface area contributed by atoms with Gasteiger partial charge in [-0.2, -0.15) is 0 Å². The van der Waals surface area contributed by atoms with E-state index in [4.69, 9.17) is 11.6 Å². The molecule has 17 heavy (non-hydrogen) atoms. The summed E-state index contributed by atoms with van der Waals surface area (Å²) in [5, 5.41) is 4.27. The van der Waals surface area contributed by atoms with Crippen molar-refractivity contribution in [3.8, 4) is 0 Å². The number of hydrogen-bond donors (Lipinski definition) is 1. The standard InChI is InChI=1S/C14H21BrClN/c1-3-4-5-6-7-11(2)17-14-9-8-12(16)10-13(14)15/h8-11,17H,3-7H2,1-2H3. The Balaban J connectivity index is 2.37. The second-order valence-corrected chi connectivity index (χ2v) is 5.81. The highest BCUT2D eigenvalue weighted by Crippen LogP contribution is 2.26. The summed E-state index contributed by atoms with van der Waals surface area (Å²) in [6, 6.07) is 6.37. The molecule has 0 bridgehead atoms. The fraction of sp³-hybridized carbons (Fsp3) is 0.571. The topological polar surface area (TPSA) is 12.0 Å². The van der Waals surface area contributed by atoms with E-state index in [2.05, 4.69) is 35.1 Å². The largest absolute Gasteiger partial charge is 0.382 e. The summed E-state index contributed by atoms with van der Waals surface area (Å²) in [6.07, 6.45) is 6.49. The maximum atomic E-state index is 5.91. The number of benzene rings is 1. The molecule has 1 rings (SSSR count). The molecule has 0 saturated carbocycles. The second-order valence-electron chi connectivity index (χ2n) is 4.52. The summed E-state index contributed by atoms with van der Waals surface area (Å²) in [5.41, 5.74) is 1.12. The van der Waals surface area contributed by atoms with Gasteiger partial charge in [-0.15, -0.1) is 0 Å². The highest BCUT2D eigenvalue weighted by molar-refractivity contribution is 9.10. The molecule has 0 heterocycles. The van der Waals surface area contributed by atoms with Gasteiger partial charge in [0.15, 0.2) is 0 Å². The van der Waals surface area contributed by atoms with Crippen molar-refractivity contribution in [3.63, 3.8) is 0 Å². The van der Waals surface area contributed by atoms with Crippen molar-refractivity contribution in [3.05, 3.63) is 27.7 Å². The number of halogens is 2. The first-order valence-electron chi connectivity index (χ1n) is 6.35. The van der Waals surface area contributed by atoms with Crippen molar-refractivity contribution >= 4 is 33.2 Å². The van der Waals surface area contributed by atoms with Crippen LogP contribution in [-0.2, 0) is 0 Å². The predicted octanol–water partition coefficient (Wildman–Crippen LogP) is 5.87. The van der Waals surface area contributed by atoms with Gasteiger partial charge in [0.2, 0.25) is 0 Å². The van der Waals surface area contributed by atoms with Crippen LogP contribution >= 0.6 is 27.5 Å². The van der Waals surface area contributed by atoms with Crippen LogP contribution in [0.25, 0.3) is 0 Å². The Labute approximate surface area is 118 Å². The highest BCUT2D eigenvalue weighted by Gasteiger charge is 2.05. The van der Waals surface area contributed by atoms with Crippen LogP contribution in [-0.4, -0.2) is 6.04 Å². The van der Waals surface area contributed by atoms with Crippen LogP contribution < -0.4 is 5.32 Å². The Hall–Kier alpha value is -0.210. The second kappa shape index (κ2) is 7.99. The van der Waals surface area contributed by atoms with Gasteiger partial charge in [-0.05, 0) is 47.5 Å². The van der Waals surface area contributed by atoms with Gasteiger partial charge in [0.25, 0.3) is 0 Å². The molecule has 1 nitrogen and oxygen atoms in total. The lowest BCUT2D eigenvalue weighted by Crippen LogP contribution is -2.15. The maximum Gasteiger partial charge on any atom is 0.0487 e. The zero-order valence-corrected chi connectivity index (χ0v) is 12.9. The normalized spacial score (nSPS) is 12.5. The number of unbranched alkanes of at least 4 members (excludes halogenated alkanes) is 3. The summed E-state index contributed by atoms with van der Waals surface area (Å²) in [6.45, 7) is 4.47. The lowest BCUT2D eigenvalue weighted by atomic mass is 10.1. The van der Waals surface area contributed by atoms with Crippen molar-refractivity contribution in [2.45, 2.75) is 52.0 Å². The predicted molar refractivity (Wildman–Crippen MR) is 81.0 cm³/mol. The van der Waals surface area contributed by atoms with Gasteiger partial charge in [-0.3, -0.25) is 0 Å². The summed E-state index contributed by atoms with van der Waals surface area (Å²) >= 11 is 9.44. The highest BCUT2D eigenvalue weighted by atomic mass is 79.9. The molecule has 1 N–H and O–H groups in total. The Kier molecular flexibility index (Phi) is 6.98. The molecule has 1 unspecified atom stereocenters. The van der Waals surface area contributed by atoms with Gasteiger partial charge >= 0.3 is 0 Å². The minimum absolute atomic E-state index is 0.504. The summed E-state index contributed by atoms with van der Waals surface area (Å²) in [4.78, 5) is 0. The quantitative estimate of drug-likeness (QED) is 0.620. The average molecular weight is 319 g/mol. The average Bonchev–Trinajstić information content (AvgIpc) is 2.28. The first-order chi connectivity index (χ1) is 8.13. The molecule has 0 fully saturated rings. The molecular weight excluding hydrogens is 298 g/mol. The summed E-state index contributed by atoms with van der Waals surface area (Å²) in [5.74, 6) is 0. The van der Waals surface area contributed by atoms with Crippen LogP contribution in [0.3, 0.4) is 0 Å². The van der Waals surface area contributed by atoms with E-state index in [1.165, 1.54) is 32.1 Å². The molecule has 1 atom stereocenters. The van der Waals surface area contributed by atoms with Crippen molar-refractivity contribution in [2.24, 2.45) is 0 Å². The Morgan fingerprint density at radius 3 is 2.71 bits per heavy atom. The number of nitrogens with one attached hydrogen (secondary N) is 1. The van der Waals surface area contributed by atoms with E-state index in [0.717, 1.165) is 15.2 Å². The lowest BCUT2D eigenvalue weighted by molar-refractivity contribution is 0.594. The van der Waals surface area contributed by atoms with E-state index in [9.17, 15) is 0 Å². The molecule has 0 aliphatic carbocycles. The van der Waals surface area contributed by atoms with Gasteiger partial charge in [0.05, 0.1) is 0 Å². The molecule has 0 radical (unpaired) electrons. The van der Waals surface area contributed by atoms with Crippen LogP contribution in [0.4, 0.5) is 5.69 Å². The molecule has 3 heteroatoms. The van der Waals surface area contributed by atoms with Crippen LogP contribution in [0.15, 0.2) is 22.7 Å². The third-order valence-corrected chi connectivity index (χ3v) is 3.71. The molecule has 0 aliphatic heterocycles. The van der Waals surface area contributed by atoms with Gasteiger partial charge in [0, 0.05) is 21.2 Å². The van der Waals surface area contributed by atoms with Crippen molar-refractivity contribution < 1.29 is 0 Å². The molecule has 0 spiro atoms. The third-order valence-electron chi connectivity index (χ3n) is 2.82. The zero-order chi connectivity index (χ0) is 12.7. The van der Waals surface area contributed by atoms with Gasteiger partial charge in [-0.25, -0.2) is 0 Å². The van der Waals surface area contributed by atoms with E-state index in [1.807, 2.05) is 18.2 Å². The van der Waals surface area contributed by atoms with Crippen molar-refractivity contribution in [1.82, 2.24) is 0 Å². The van der Waals surface area contributed by atoms with Gasteiger partial charge < -0.3 is 5.32 Å². The lowest BCUT2D eigenvalue weighted by Gasteiger charge is -2.16. The molecule has 0 aromatic heterocycles. The Morgan fingerprint density at radius 1 is 1.29 bits per heavy atom. The van der Waals surface area contributed by atoms with Crippen LogP contribution in [0, 0.1) is 0 Å². The maximum absolute atomic E-state index is 5.91. The molecule has 0 saturated heterocycles. The van der Waals surface area contributed by atoms with E-state index >= 15 is 0 Å². The zero-order valence-electron chi connectivity index (χ0n) is 10.6. The Morgan fingerprint density at radius 2 is 2.06 bits per heavy atom.